The molecule has 0 radical (unpaired) electrons. The standard InChI is InChI=1S/C30H38N6O2/c1-21(2)34-13-15-35(16-14-34)29-26-10-12-36(28-18-23(37)17-22-7-4-5-9-25(22)28)20-27(26)31-30(32-29)38-24-8-6-11-33(3)19-24/h4-5,7,9,17-18,24,37H,1,6,8,10-16,19-20H2,2-3H3. The highest BCUT2D eigenvalue weighted by Crippen LogP contribution is 2.36. The predicted octanol–water partition coefficient (Wildman–Crippen LogP) is 4.03. The number of aromatic nitrogens is 2. The van der Waals surface area contributed by atoms with E-state index < -0.39 is 0 Å². The molecule has 6 rings (SSSR count). The highest BCUT2D eigenvalue weighted by Gasteiger charge is 2.29. The van der Waals surface area contributed by atoms with Crippen molar-refractivity contribution < 1.29 is 9.84 Å². The fourth-order valence-corrected chi connectivity index (χ4v) is 6.11. The monoisotopic (exact) mass is 514 g/mol. The molecule has 3 aliphatic heterocycles. The molecule has 8 heteroatoms. The Balaban J connectivity index is 1.34. The third kappa shape index (κ3) is 4.97. The molecule has 2 fully saturated rings. The van der Waals surface area contributed by atoms with Crippen LogP contribution in [0.4, 0.5) is 11.5 Å². The molecule has 0 amide bonds. The zero-order valence-electron chi connectivity index (χ0n) is 22.6. The quantitative estimate of drug-likeness (QED) is 0.548. The number of phenols is 1. The van der Waals surface area contributed by atoms with Gasteiger partial charge in [-0.05, 0) is 51.2 Å². The van der Waals surface area contributed by atoms with E-state index in [4.69, 9.17) is 14.7 Å². The molecule has 200 valence electrons. The van der Waals surface area contributed by atoms with E-state index in [1.54, 1.807) is 0 Å². The van der Waals surface area contributed by atoms with Crippen LogP contribution in [0.15, 0.2) is 48.7 Å². The number of likely N-dealkylation sites (N-methyl/N-ethyl adjacent to an activating group) is 1. The number of allylic oxidation sites excluding steroid dienone is 1. The van der Waals surface area contributed by atoms with Gasteiger partial charge >= 0.3 is 6.01 Å². The van der Waals surface area contributed by atoms with Crippen molar-refractivity contribution >= 4 is 22.3 Å². The molecule has 1 unspecified atom stereocenters. The molecule has 0 spiro atoms. The molecule has 8 nitrogen and oxygen atoms in total. The lowest BCUT2D eigenvalue weighted by atomic mass is 10.0. The van der Waals surface area contributed by atoms with Crippen molar-refractivity contribution in [1.29, 1.82) is 0 Å². The first-order valence-electron chi connectivity index (χ1n) is 13.8. The van der Waals surface area contributed by atoms with Crippen LogP contribution >= 0.6 is 0 Å². The summed E-state index contributed by atoms with van der Waals surface area (Å²) in [6.07, 6.45) is 3.11. The van der Waals surface area contributed by atoms with Crippen LogP contribution in [0.5, 0.6) is 11.8 Å². The largest absolute Gasteiger partial charge is 0.508 e. The number of fused-ring (bicyclic) bond motifs is 2. The molecular weight excluding hydrogens is 476 g/mol. The highest BCUT2D eigenvalue weighted by atomic mass is 16.5. The zero-order chi connectivity index (χ0) is 26.2. The Bertz CT molecular complexity index is 1340. The first kappa shape index (κ1) is 24.8. The molecular formula is C30H38N6O2. The molecule has 0 saturated carbocycles. The third-order valence-electron chi connectivity index (χ3n) is 8.16. The molecule has 1 N–H and O–H groups in total. The first-order chi connectivity index (χ1) is 18.4. The number of phenolic OH excluding ortho intramolecular Hbond substituents is 1. The first-order valence-corrected chi connectivity index (χ1v) is 13.8. The predicted molar refractivity (Wildman–Crippen MR) is 152 cm³/mol. The smallest absolute Gasteiger partial charge is 0.318 e. The van der Waals surface area contributed by atoms with Crippen LogP contribution in [0.2, 0.25) is 0 Å². The van der Waals surface area contributed by atoms with Gasteiger partial charge in [0.15, 0.2) is 0 Å². The molecule has 4 heterocycles. The zero-order valence-corrected chi connectivity index (χ0v) is 22.6. The van der Waals surface area contributed by atoms with Crippen molar-refractivity contribution in [2.24, 2.45) is 0 Å². The minimum Gasteiger partial charge on any atom is -0.508 e. The van der Waals surface area contributed by atoms with Gasteiger partial charge in [0.2, 0.25) is 0 Å². The van der Waals surface area contributed by atoms with E-state index in [0.717, 1.165) is 98.7 Å². The average molecular weight is 515 g/mol. The van der Waals surface area contributed by atoms with Crippen LogP contribution in [-0.4, -0.2) is 83.8 Å². The van der Waals surface area contributed by atoms with Crippen LogP contribution < -0.4 is 14.5 Å². The van der Waals surface area contributed by atoms with Crippen molar-refractivity contribution in [3.63, 3.8) is 0 Å². The Kier molecular flexibility index (Phi) is 6.74. The van der Waals surface area contributed by atoms with Crippen molar-refractivity contribution in [3.05, 3.63) is 59.9 Å². The molecule has 2 aromatic carbocycles. The second-order valence-corrected chi connectivity index (χ2v) is 11.0. The number of piperidine rings is 1. The topological polar surface area (TPSA) is 68.2 Å². The number of likely N-dealkylation sites (tertiary alicyclic amines) is 1. The molecule has 0 aliphatic carbocycles. The van der Waals surface area contributed by atoms with Crippen LogP contribution in [0.3, 0.4) is 0 Å². The highest BCUT2D eigenvalue weighted by molar-refractivity contribution is 5.95. The van der Waals surface area contributed by atoms with Crippen LogP contribution in [0, 0.1) is 0 Å². The van der Waals surface area contributed by atoms with Gasteiger partial charge in [-0.3, -0.25) is 0 Å². The lowest BCUT2D eigenvalue weighted by molar-refractivity contribution is 0.0952. The van der Waals surface area contributed by atoms with E-state index in [0.29, 0.717) is 12.6 Å². The van der Waals surface area contributed by atoms with E-state index in [9.17, 15) is 5.11 Å². The number of rotatable bonds is 5. The van der Waals surface area contributed by atoms with E-state index in [-0.39, 0.29) is 11.9 Å². The summed E-state index contributed by atoms with van der Waals surface area (Å²) in [5, 5.41) is 12.6. The lowest BCUT2D eigenvalue weighted by Gasteiger charge is -2.39. The number of hydrogen-bond acceptors (Lipinski definition) is 8. The summed E-state index contributed by atoms with van der Waals surface area (Å²) < 4.78 is 6.44. The van der Waals surface area contributed by atoms with Gasteiger partial charge in [-0.2, -0.15) is 9.97 Å². The van der Waals surface area contributed by atoms with Crippen molar-refractivity contribution in [2.75, 3.05) is 62.7 Å². The van der Waals surface area contributed by atoms with Gasteiger partial charge in [-0.15, -0.1) is 0 Å². The summed E-state index contributed by atoms with van der Waals surface area (Å²) in [5.74, 6) is 1.31. The van der Waals surface area contributed by atoms with E-state index in [2.05, 4.69) is 58.3 Å². The summed E-state index contributed by atoms with van der Waals surface area (Å²) in [7, 11) is 2.15. The van der Waals surface area contributed by atoms with Crippen LogP contribution in [0.25, 0.3) is 10.8 Å². The molecule has 3 aromatic rings. The average Bonchev–Trinajstić information content (AvgIpc) is 2.92. The minimum absolute atomic E-state index is 0.106. The van der Waals surface area contributed by atoms with Crippen molar-refractivity contribution in [3.8, 4) is 11.8 Å². The number of benzene rings is 2. The van der Waals surface area contributed by atoms with Gasteiger partial charge in [0.25, 0.3) is 0 Å². The number of aromatic hydroxyl groups is 1. The van der Waals surface area contributed by atoms with Crippen LogP contribution in [0.1, 0.15) is 31.0 Å². The molecule has 38 heavy (non-hydrogen) atoms. The number of nitrogens with zero attached hydrogens (tertiary/aromatic N) is 6. The maximum atomic E-state index is 10.5. The van der Waals surface area contributed by atoms with Gasteiger partial charge in [-0.25, -0.2) is 0 Å². The third-order valence-corrected chi connectivity index (χ3v) is 8.16. The SMILES string of the molecule is C=C(C)N1CCN(c2nc(OC3CCCN(C)C3)nc3c2CCN(c2cc(O)cc4ccccc24)C3)CC1. The summed E-state index contributed by atoms with van der Waals surface area (Å²) in [5.41, 5.74) is 4.41. The fraction of sp³-hybridized carbons (Fsp3) is 0.467. The van der Waals surface area contributed by atoms with Gasteiger partial charge in [0.05, 0.1) is 12.2 Å². The Morgan fingerprint density at radius 1 is 1.03 bits per heavy atom. The normalized spacial score (nSPS) is 20.5. The summed E-state index contributed by atoms with van der Waals surface area (Å²) >= 11 is 0. The lowest BCUT2D eigenvalue weighted by Crippen LogP contribution is -2.46. The Morgan fingerprint density at radius 3 is 2.63 bits per heavy atom. The van der Waals surface area contributed by atoms with Crippen LogP contribution in [-0.2, 0) is 13.0 Å². The van der Waals surface area contributed by atoms with Gasteiger partial charge < -0.3 is 29.4 Å². The van der Waals surface area contributed by atoms with E-state index in [1.165, 1.54) is 5.56 Å². The fourth-order valence-electron chi connectivity index (χ4n) is 6.11. The van der Waals surface area contributed by atoms with Crippen molar-refractivity contribution in [2.45, 2.75) is 38.8 Å². The Morgan fingerprint density at radius 2 is 1.84 bits per heavy atom. The number of ether oxygens (including phenoxy) is 1. The molecule has 2 saturated heterocycles. The number of hydrogen-bond donors (Lipinski definition) is 1. The van der Waals surface area contributed by atoms with E-state index >= 15 is 0 Å². The molecule has 0 bridgehead atoms. The number of piperazine rings is 1. The molecule has 1 atom stereocenters. The summed E-state index contributed by atoms with van der Waals surface area (Å²) in [6.45, 7) is 13.4. The summed E-state index contributed by atoms with van der Waals surface area (Å²) in [6, 6.07) is 12.4. The maximum Gasteiger partial charge on any atom is 0.318 e. The van der Waals surface area contributed by atoms with Gasteiger partial charge in [0, 0.05) is 67.7 Å². The van der Waals surface area contributed by atoms with Gasteiger partial charge in [0.1, 0.15) is 17.7 Å². The maximum absolute atomic E-state index is 10.5. The molecule has 3 aliphatic rings. The second-order valence-electron chi connectivity index (χ2n) is 11.0. The second kappa shape index (κ2) is 10.3. The number of anilines is 2. The van der Waals surface area contributed by atoms with E-state index in [1.807, 2.05) is 18.2 Å². The van der Waals surface area contributed by atoms with Gasteiger partial charge in [-0.1, -0.05) is 30.8 Å². The Labute approximate surface area is 225 Å². The molecule has 1 aromatic heterocycles. The minimum atomic E-state index is 0.106. The van der Waals surface area contributed by atoms with Crippen molar-refractivity contribution in [1.82, 2.24) is 19.8 Å². The summed E-state index contributed by atoms with van der Waals surface area (Å²) in [4.78, 5) is 19.4. The Hall–Kier alpha value is -3.52.